The Morgan fingerprint density at radius 1 is 1.44 bits per heavy atom. The van der Waals surface area contributed by atoms with Crippen LogP contribution in [0.25, 0.3) is 0 Å². The quantitative estimate of drug-likeness (QED) is 0.644. The highest BCUT2D eigenvalue weighted by atomic mass is 16.6. The van der Waals surface area contributed by atoms with Crippen LogP contribution in [0.3, 0.4) is 0 Å². The molecule has 1 aliphatic rings. The zero-order valence-corrected chi connectivity index (χ0v) is 10.5. The van der Waals surface area contributed by atoms with Gasteiger partial charge in [-0.1, -0.05) is 6.07 Å². The highest BCUT2D eigenvalue weighted by molar-refractivity contribution is 5.48. The summed E-state index contributed by atoms with van der Waals surface area (Å²) in [5, 5.41) is 14.0. The number of nitro groups is 1. The first kappa shape index (κ1) is 12.8. The van der Waals surface area contributed by atoms with E-state index in [4.69, 9.17) is 4.74 Å². The lowest BCUT2D eigenvalue weighted by Crippen LogP contribution is -2.13. The van der Waals surface area contributed by atoms with Crippen LogP contribution in [0, 0.1) is 10.1 Å². The van der Waals surface area contributed by atoms with Crippen molar-refractivity contribution in [1.29, 1.82) is 0 Å². The summed E-state index contributed by atoms with van der Waals surface area (Å²) in [5.41, 5.74) is 1.05. The highest BCUT2D eigenvalue weighted by Gasteiger charge is 2.22. The summed E-state index contributed by atoms with van der Waals surface area (Å²) in [5.74, 6) is 0.402. The zero-order chi connectivity index (χ0) is 13.0. The summed E-state index contributed by atoms with van der Waals surface area (Å²) >= 11 is 0. The molecule has 0 aromatic heterocycles. The third-order valence-corrected chi connectivity index (χ3v) is 3.20. The van der Waals surface area contributed by atoms with Crippen LogP contribution in [-0.4, -0.2) is 18.1 Å². The monoisotopic (exact) mass is 250 g/mol. The molecule has 98 valence electrons. The smallest absolute Gasteiger partial charge is 0.310 e. The Kier molecular flexibility index (Phi) is 4.15. The van der Waals surface area contributed by atoms with Gasteiger partial charge in [-0.2, -0.15) is 0 Å². The maximum Gasteiger partial charge on any atom is 0.310 e. The first-order valence-electron chi connectivity index (χ1n) is 6.29. The summed E-state index contributed by atoms with van der Waals surface area (Å²) in [6.45, 7) is 0.680. The Bertz CT molecular complexity index is 428. The second-order valence-electron chi connectivity index (χ2n) is 4.61. The van der Waals surface area contributed by atoms with Crippen LogP contribution in [0.5, 0.6) is 5.75 Å². The molecule has 5 heteroatoms. The van der Waals surface area contributed by atoms with E-state index in [0.29, 0.717) is 12.3 Å². The topological polar surface area (TPSA) is 64.4 Å². The van der Waals surface area contributed by atoms with Crippen molar-refractivity contribution >= 4 is 5.69 Å². The normalized spacial score (nSPS) is 15.8. The minimum absolute atomic E-state index is 0.0572. The van der Waals surface area contributed by atoms with E-state index >= 15 is 0 Å². The molecule has 5 nitrogen and oxygen atoms in total. The van der Waals surface area contributed by atoms with Gasteiger partial charge >= 0.3 is 5.69 Å². The average molecular weight is 250 g/mol. The van der Waals surface area contributed by atoms with Gasteiger partial charge in [-0.15, -0.1) is 0 Å². The molecule has 0 radical (unpaired) electrons. The van der Waals surface area contributed by atoms with Gasteiger partial charge in [0.25, 0.3) is 0 Å². The van der Waals surface area contributed by atoms with E-state index in [9.17, 15) is 10.1 Å². The number of ether oxygens (including phenoxy) is 1. The number of benzene rings is 1. The Morgan fingerprint density at radius 2 is 2.17 bits per heavy atom. The number of nitro benzene ring substituents is 1. The molecule has 18 heavy (non-hydrogen) atoms. The number of nitrogens with one attached hydrogen (secondary N) is 1. The van der Waals surface area contributed by atoms with E-state index in [1.807, 2.05) is 7.05 Å². The molecule has 0 amide bonds. The predicted octanol–water partition coefficient (Wildman–Crippen LogP) is 2.64. The lowest BCUT2D eigenvalue weighted by Gasteiger charge is -2.14. The van der Waals surface area contributed by atoms with E-state index < -0.39 is 0 Å². The van der Waals surface area contributed by atoms with Gasteiger partial charge in [0.1, 0.15) is 0 Å². The third kappa shape index (κ3) is 2.98. The van der Waals surface area contributed by atoms with Crippen molar-refractivity contribution < 1.29 is 9.66 Å². The predicted molar refractivity (Wildman–Crippen MR) is 68.7 cm³/mol. The summed E-state index contributed by atoms with van der Waals surface area (Å²) in [6, 6.07) is 5.06. The minimum Gasteiger partial charge on any atom is -0.483 e. The molecule has 1 fully saturated rings. The lowest BCUT2D eigenvalue weighted by atomic mass is 10.2. The van der Waals surface area contributed by atoms with Gasteiger partial charge in [0.05, 0.1) is 11.0 Å². The van der Waals surface area contributed by atoms with Crippen molar-refractivity contribution in [2.75, 3.05) is 7.05 Å². The molecule has 0 spiro atoms. The maximum absolute atomic E-state index is 11.0. The van der Waals surface area contributed by atoms with Gasteiger partial charge in [-0.05, 0) is 44.4 Å². The van der Waals surface area contributed by atoms with Crippen molar-refractivity contribution in [2.45, 2.75) is 38.3 Å². The number of rotatable bonds is 5. The van der Waals surface area contributed by atoms with Crippen LogP contribution in [0.15, 0.2) is 18.2 Å². The van der Waals surface area contributed by atoms with Crippen molar-refractivity contribution in [3.63, 3.8) is 0 Å². The van der Waals surface area contributed by atoms with E-state index in [2.05, 4.69) is 5.32 Å². The SMILES string of the molecule is CNCc1ccc([N+](=O)[O-])c(OC2CCCC2)c1. The van der Waals surface area contributed by atoms with Crippen LogP contribution in [0.4, 0.5) is 5.69 Å². The molecule has 0 unspecified atom stereocenters. The number of nitrogens with zero attached hydrogens (tertiary/aromatic N) is 1. The lowest BCUT2D eigenvalue weighted by molar-refractivity contribution is -0.386. The van der Waals surface area contributed by atoms with Crippen molar-refractivity contribution in [2.24, 2.45) is 0 Å². The molecule has 1 N–H and O–H groups in total. The van der Waals surface area contributed by atoms with Crippen LogP contribution in [-0.2, 0) is 6.54 Å². The maximum atomic E-state index is 11.0. The van der Waals surface area contributed by atoms with Crippen molar-refractivity contribution in [3.8, 4) is 5.75 Å². The second kappa shape index (κ2) is 5.82. The van der Waals surface area contributed by atoms with E-state index in [0.717, 1.165) is 31.2 Å². The van der Waals surface area contributed by atoms with Crippen LogP contribution < -0.4 is 10.1 Å². The van der Waals surface area contributed by atoms with E-state index in [1.165, 1.54) is 6.07 Å². The Hall–Kier alpha value is -1.62. The second-order valence-corrected chi connectivity index (χ2v) is 4.61. The first-order chi connectivity index (χ1) is 8.70. The van der Waals surface area contributed by atoms with Gasteiger partial charge in [0.2, 0.25) is 0 Å². The molecular weight excluding hydrogens is 232 g/mol. The number of hydrogen-bond donors (Lipinski definition) is 1. The molecule has 0 heterocycles. The summed E-state index contributed by atoms with van der Waals surface area (Å²) in [6.07, 6.45) is 4.41. The standard InChI is InChI=1S/C13H18N2O3/c1-14-9-10-6-7-12(15(16)17)13(8-10)18-11-4-2-3-5-11/h6-8,11,14H,2-5,9H2,1H3. The van der Waals surface area contributed by atoms with E-state index in [1.54, 1.807) is 12.1 Å². The number of hydrogen-bond acceptors (Lipinski definition) is 4. The highest BCUT2D eigenvalue weighted by Crippen LogP contribution is 2.32. The Balaban J connectivity index is 2.21. The van der Waals surface area contributed by atoms with Crippen LogP contribution in [0.1, 0.15) is 31.2 Å². The van der Waals surface area contributed by atoms with Crippen molar-refractivity contribution in [1.82, 2.24) is 5.32 Å². The van der Waals surface area contributed by atoms with E-state index in [-0.39, 0.29) is 16.7 Å². The molecule has 1 aromatic rings. The van der Waals surface area contributed by atoms with Gasteiger partial charge in [0.15, 0.2) is 5.75 Å². The first-order valence-corrected chi connectivity index (χ1v) is 6.29. The zero-order valence-electron chi connectivity index (χ0n) is 10.5. The average Bonchev–Trinajstić information content (AvgIpc) is 2.82. The summed E-state index contributed by atoms with van der Waals surface area (Å²) in [4.78, 5) is 10.6. The molecule has 1 saturated carbocycles. The summed E-state index contributed by atoms with van der Waals surface area (Å²) < 4.78 is 5.79. The van der Waals surface area contributed by atoms with Gasteiger partial charge in [-0.25, -0.2) is 0 Å². The third-order valence-electron chi connectivity index (χ3n) is 3.20. The molecule has 0 saturated heterocycles. The fourth-order valence-electron chi connectivity index (χ4n) is 2.30. The van der Waals surface area contributed by atoms with Gasteiger partial charge in [0, 0.05) is 12.6 Å². The fourth-order valence-corrected chi connectivity index (χ4v) is 2.30. The van der Waals surface area contributed by atoms with Crippen molar-refractivity contribution in [3.05, 3.63) is 33.9 Å². The Morgan fingerprint density at radius 3 is 2.78 bits per heavy atom. The van der Waals surface area contributed by atoms with Gasteiger partial charge in [-0.3, -0.25) is 10.1 Å². The summed E-state index contributed by atoms with van der Waals surface area (Å²) in [7, 11) is 1.85. The Labute approximate surface area is 106 Å². The molecule has 0 bridgehead atoms. The van der Waals surface area contributed by atoms with Gasteiger partial charge < -0.3 is 10.1 Å². The van der Waals surface area contributed by atoms with Crippen LogP contribution >= 0.6 is 0 Å². The molecule has 0 atom stereocenters. The largest absolute Gasteiger partial charge is 0.483 e. The van der Waals surface area contributed by atoms with Crippen LogP contribution in [0.2, 0.25) is 0 Å². The fraction of sp³-hybridized carbons (Fsp3) is 0.538. The molecular formula is C13H18N2O3. The minimum atomic E-state index is -0.382. The molecule has 1 aliphatic carbocycles. The molecule has 2 rings (SSSR count). The molecule has 0 aliphatic heterocycles. The molecule has 1 aromatic carbocycles.